The number of ether oxygens (including phenoxy) is 1. The molecule has 0 bridgehead atoms. The van der Waals surface area contributed by atoms with E-state index in [-0.39, 0.29) is 23.7 Å². The number of nitrogens with two attached hydrogens (primary N) is 1. The monoisotopic (exact) mass is 477 g/mol. The van der Waals surface area contributed by atoms with Gasteiger partial charge in [-0.25, -0.2) is 0 Å². The molecule has 4 N–H and O–H groups in total. The predicted molar refractivity (Wildman–Crippen MR) is 133 cm³/mol. The highest BCUT2D eigenvalue weighted by Crippen LogP contribution is 2.32. The fourth-order valence-electron chi connectivity index (χ4n) is 4.29. The molecular formula is C26H31N5O4. The number of anilines is 2. The van der Waals surface area contributed by atoms with Crippen LogP contribution in [0.15, 0.2) is 53.1 Å². The molecule has 9 nitrogen and oxygen atoms in total. The Bertz CT molecular complexity index is 1200. The van der Waals surface area contributed by atoms with Crippen molar-refractivity contribution in [2.75, 3.05) is 23.4 Å². The standard InChI is InChI=1S/C26H31N5O4/c1-16-14-34-15-17(2)31(16)24-8-7-21(11-22(24)29-26(33)23-9-18(3)35-30-23)25(32)28-13-20-6-4-5-19(10-20)12-27/h4-11,16-17H,12-15,27H2,1-3H3,(H,28,32)(H,29,33). The van der Waals surface area contributed by atoms with E-state index in [9.17, 15) is 9.59 Å². The van der Waals surface area contributed by atoms with E-state index in [1.807, 2.05) is 30.3 Å². The maximum Gasteiger partial charge on any atom is 0.277 e. The Balaban J connectivity index is 1.60. The average Bonchev–Trinajstić information content (AvgIpc) is 3.29. The fraction of sp³-hybridized carbons (Fsp3) is 0.346. The first-order chi connectivity index (χ1) is 16.9. The Morgan fingerprint density at radius 1 is 1.06 bits per heavy atom. The number of aromatic nitrogens is 1. The van der Waals surface area contributed by atoms with Crippen LogP contribution in [0.1, 0.15) is 51.6 Å². The molecule has 0 saturated carbocycles. The number of hydrogen-bond acceptors (Lipinski definition) is 7. The summed E-state index contributed by atoms with van der Waals surface area (Å²) in [5.74, 6) is -0.115. The van der Waals surface area contributed by atoms with E-state index < -0.39 is 5.91 Å². The molecule has 1 aliphatic heterocycles. The van der Waals surface area contributed by atoms with E-state index in [0.29, 0.717) is 43.3 Å². The maximum absolute atomic E-state index is 13.0. The van der Waals surface area contributed by atoms with Gasteiger partial charge < -0.3 is 30.5 Å². The van der Waals surface area contributed by atoms with Gasteiger partial charge in [-0.1, -0.05) is 29.4 Å². The molecule has 184 valence electrons. The normalized spacial score (nSPS) is 17.8. The molecule has 2 amide bonds. The summed E-state index contributed by atoms with van der Waals surface area (Å²) >= 11 is 0. The number of hydrogen-bond donors (Lipinski definition) is 3. The minimum atomic E-state index is -0.409. The molecule has 3 aromatic rings. The summed E-state index contributed by atoms with van der Waals surface area (Å²) in [6.45, 7) is 7.81. The summed E-state index contributed by atoms with van der Waals surface area (Å²) < 4.78 is 10.7. The van der Waals surface area contributed by atoms with Crippen LogP contribution in [0.4, 0.5) is 11.4 Å². The summed E-state index contributed by atoms with van der Waals surface area (Å²) in [6.07, 6.45) is 0. The largest absolute Gasteiger partial charge is 0.377 e. The zero-order valence-corrected chi connectivity index (χ0v) is 20.2. The molecule has 0 aliphatic carbocycles. The van der Waals surface area contributed by atoms with E-state index in [0.717, 1.165) is 16.8 Å². The SMILES string of the molecule is Cc1cc(C(=O)Nc2cc(C(=O)NCc3cccc(CN)c3)ccc2N2C(C)COCC2C)no1. The summed E-state index contributed by atoms with van der Waals surface area (Å²) in [4.78, 5) is 28.1. The first kappa shape index (κ1) is 24.4. The third-order valence-electron chi connectivity index (χ3n) is 5.99. The van der Waals surface area contributed by atoms with Crippen molar-refractivity contribution in [3.05, 3.63) is 76.7 Å². The topological polar surface area (TPSA) is 123 Å². The van der Waals surface area contributed by atoms with Crippen molar-refractivity contribution in [3.8, 4) is 0 Å². The Morgan fingerprint density at radius 2 is 1.80 bits per heavy atom. The van der Waals surface area contributed by atoms with Crippen molar-refractivity contribution in [2.24, 2.45) is 5.73 Å². The molecule has 2 unspecified atom stereocenters. The molecule has 1 fully saturated rings. The van der Waals surface area contributed by atoms with Crippen molar-refractivity contribution in [3.63, 3.8) is 0 Å². The number of carbonyl (C=O) groups is 2. The smallest absolute Gasteiger partial charge is 0.277 e. The lowest BCUT2D eigenvalue weighted by Gasteiger charge is -2.41. The van der Waals surface area contributed by atoms with Crippen LogP contribution >= 0.6 is 0 Å². The maximum atomic E-state index is 13.0. The van der Waals surface area contributed by atoms with Gasteiger partial charge in [-0.15, -0.1) is 0 Å². The van der Waals surface area contributed by atoms with E-state index in [1.54, 1.807) is 25.1 Å². The van der Waals surface area contributed by atoms with Gasteiger partial charge >= 0.3 is 0 Å². The average molecular weight is 478 g/mol. The van der Waals surface area contributed by atoms with Crippen LogP contribution in [0, 0.1) is 6.92 Å². The number of nitrogens with zero attached hydrogens (tertiary/aromatic N) is 2. The number of morpholine rings is 1. The fourth-order valence-corrected chi connectivity index (χ4v) is 4.29. The Morgan fingerprint density at radius 3 is 2.49 bits per heavy atom. The van der Waals surface area contributed by atoms with E-state index in [2.05, 4.69) is 34.5 Å². The number of aryl methyl sites for hydroxylation is 1. The van der Waals surface area contributed by atoms with Gasteiger partial charge in [0.05, 0.1) is 24.6 Å². The molecule has 9 heteroatoms. The van der Waals surface area contributed by atoms with E-state index >= 15 is 0 Å². The number of rotatable bonds is 7. The van der Waals surface area contributed by atoms with Crippen molar-refractivity contribution in [1.82, 2.24) is 10.5 Å². The van der Waals surface area contributed by atoms with Gasteiger partial charge in [-0.05, 0) is 50.1 Å². The molecule has 0 spiro atoms. The lowest BCUT2D eigenvalue weighted by molar-refractivity contribution is 0.0757. The number of benzene rings is 2. The second-order valence-corrected chi connectivity index (χ2v) is 8.86. The second-order valence-electron chi connectivity index (χ2n) is 8.86. The van der Waals surface area contributed by atoms with Gasteiger partial charge in [0, 0.05) is 36.8 Å². The summed E-state index contributed by atoms with van der Waals surface area (Å²) in [5, 5.41) is 9.68. The van der Waals surface area contributed by atoms with Gasteiger partial charge in [0.2, 0.25) is 0 Å². The van der Waals surface area contributed by atoms with Gasteiger partial charge in [0.15, 0.2) is 5.69 Å². The highest BCUT2D eigenvalue weighted by atomic mass is 16.5. The Labute approximate surface area is 204 Å². The van der Waals surface area contributed by atoms with Crippen LogP contribution in [-0.4, -0.2) is 42.3 Å². The number of carbonyl (C=O) groups excluding carboxylic acids is 2. The highest BCUT2D eigenvalue weighted by molar-refractivity contribution is 6.06. The summed E-state index contributed by atoms with van der Waals surface area (Å²) in [6, 6.07) is 14.9. The summed E-state index contributed by atoms with van der Waals surface area (Å²) in [5.41, 5.74) is 9.62. The van der Waals surface area contributed by atoms with Crippen LogP contribution in [0.25, 0.3) is 0 Å². The molecule has 0 radical (unpaired) electrons. The quantitative estimate of drug-likeness (QED) is 0.477. The van der Waals surface area contributed by atoms with Gasteiger partial charge in [0.1, 0.15) is 5.76 Å². The van der Waals surface area contributed by atoms with E-state index in [1.165, 1.54) is 0 Å². The van der Waals surface area contributed by atoms with Crippen LogP contribution in [0.2, 0.25) is 0 Å². The molecule has 1 aliphatic rings. The zero-order chi connectivity index (χ0) is 24.9. The Kier molecular flexibility index (Phi) is 7.48. The third kappa shape index (κ3) is 5.70. The minimum absolute atomic E-state index is 0.0956. The molecule has 2 heterocycles. The lowest BCUT2D eigenvalue weighted by atomic mass is 10.1. The van der Waals surface area contributed by atoms with Gasteiger partial charge in [-0.3, -0.25) is 9.59 Å². The van der Waals surface area contributed by atoms with Crippen molar-refractivity contribution >= 4 is 23.2 Å². The highest BCUT2D eigenvalue weighted by Gasteiger charge is 2.28. The molecule has 4 rings (SSSR count). The van der Waals surface area contributed by atoms with Crippen LogP contribution in [0.5, 0.6) is 0 Å². The zero-order valence-electron chi connectivity index (χ0n) is 20.2. The minimum Gasteiger partial charge on any atom is -0.377 e. The first-order valence-electron chi connectivity index (χ1n) is 11.7. The van der Waals surface area contributed by atoms with Crippen LogP contribution < -0.4 is 21.3 Å². The predicted octanol–water partition coefficient (Wildman–Crippen LogP) is 3.24. The van der Waals surface area contributed by atoms with Crippen molar-refractivity contribution < 1.29 is 18.8 Å². The lowest BCUT2D eigenvalue weighted by Crippen LogP contribution is -2.50. The molecular weight excluding hydrogens is 446 g/mol. The third-order valence-corrected chi connectivity index (χ3v) is 5.99. The van der Waals surface area contributed by atoms with Crippen molar-refractivity contribution in [2.45, 2.75) is 45.9 Å². The van der Waals surface area contributed by atoms with Crippen LogP contribution in [0.3, 0.4) is 0 Å². The molecule has 1 saturated heterocycles. The van der Waals surface area contributed by atoms with Gasteiger partial charge in [-0.2, -0.15) is 0 Å². The number of amides is 2. The van der Waals surface area contributed by atoms with Gasteiger partial charge in [0.25, 0.3) is 11.8 Å². The van der Waals surface area contributed by atoms with Crippen LogP contribution in [-0.2, 0) is 17.8 Å². The first-order valence-corrected chi connectivity index (χ1v) is 11.7. The number of nitrogens with one attached hydrogen (secondary N) is 2. The molecule has 2 atom stereocenters. The van der Waals surface area contributed by atoms with E-state index in [4.69, 9.17) is 15.0 Å². The molecule has 2 aromatic carbocycles. The summed E-state index contributed by atoms with van der Waals surface area (Å²) in [7, 11) is 0. The molecule has 35 heavy (non-hydrogen) atoms. The Hall–Kier alpha value is -3.69. The second kappa shape index (κ2) is 10.7. The molecule has 1 aromatic heterocycles. The van der Waals surface area contributed by atoms with Crippen molar-refractivity contribution in [1.29, 1.82) is 0 Å².